The van der Waals surface area contributed by atoms with Crippen LogP contribution in [0.25, 0.3) is 0 Å². The van der Waals surface area contributed by atoms with E-state index in [9.17, 15) is 4.79 Å². The van der Waals surface area contributed by atoms with E-state index in [4.69, 9.17) is 0 Å². The molecule has 1 aromatic carbocycles. The smallest absolute Gasteiger partial charge is 0.241 e. The van der Waals surface area contributed by atoms with Crippen LogP contribution in [0.15, 0.2) is 58.6 Å². The van der Waals surface area contributed by atoms with Crippen LogP contribution in [0.4, 0.5) is 5.69 Å². The Hall–Kier alpha value is -1.56. The van der Waals surface area contributed by atoms with Gasteiger partial charge in [-0.3, -0.25) is 9.78 Å². The van der Waals surface area contributed by atoms with Gasteiger partial charge < -0.3 is 10.6 Å². The fourth-order valence-electron chi connectivity index (χ4n) is 2.29. The zero-order valence-corrected chi connectivity index (χ0v) is 13.6. The highest BCUT2D eigenvalue weighted by atomic mass is 35.5. The number of hydrogen-bond acceptors (Lipinski definition) is 4. The first kappa shape index (κ1) is 16.8. The maximum atomic E-state index is 12.0. The van der Waals surface area contributed by atoms with E-state index in [2.05, 4.69) is 15.6 Å². The Bertz CT molecular complexity index is 601. The molecule has 22 heavy (non-hydrogen) atoms. The highest BCUT2D eigenvalue weighted by Gasteiger charge is 2.21. The normalized spacial score (nSPS) is 16.8. The number of benzene rings is 1. The second-order valence-electron chi connectivity index (χ2n) is 4.95. The number of rotatable bonds is 4. The van der Waals surface area contributed by atoms with E-state index in [1.165, 1.54) is 0 Å². The molecule has 1 fully saturated rings. The van der Waals surface area contributed by atoms with E-state index in [0.29, 0.717) is 0 Å². The summed E-state index contributed by atoms with van der Waals surface area (Å²) in [6.07, 6.45) is 5.55. The minimum absolute atomic E-state index is 0. The Morgan fingerprint density at radius 1 is 1.14 bits per heavy atom. The summed E-state index contributed by atoms with van der Waals surface area (Å²) in [5, 5.41) is 6.15. The van der Waals surface area contributed by atoms with Crippen molar-refractivity contribution >= 4 is 35.8 Å². The van der Waals surface area contributed by atoms with Gasteiger partial charge in [0.15, 0.2) is 0 Å². The Morgan fingerprint density at radius 3 is 2.45 bits per heavy atom. The third-order valence-corrected chi connectivity index (χ3v) is 4.40. The number of nitrogens with zero attached hydrogens (tertiary/aromatic N) is 1. The van der Waals surface area contributed by atoms with E-state index in [1.54, 1.807) is 24.2 Å². The van der Waals surface area contributed by atoms with Crippen LogP contribution in [-0.2, 0) is 4.79 Å². The summed E-state index contributed by atoms with van der Waals surface area (Å²) in [5.74, 6) is 0.0574. The summed E-state index contributed by atoms with van der Waals surface area (Å²) in [5.41, 5.74) is 0.841. The second-order valence-corrected chi connectivity index (χ2v) is 6.09. The SMILES string of the molecule is Cl.O=C(Nc1ccc(Sc2ccncc2)cc1)C1CCCN1. The van der Waals surface area contributed by atoms with Crippen LogP contribution in [0.3, 0.4) is 0 Å². The molecule has 1 unspecified atom stereocenters. The summed E-state index contributed by atoms with van der Waals surface area (Å²) < 4.78 is 0. The van der Waals surface area contributed by atoms with Crippen LogP contribution in [0.2, 0.25) is 0 Å². The average Bonchev–Trinajstić information content (AvgIpc) is 3.05. The van der Waals surface area contributed by atoms with Crippen LogP contribution in [0, 0.1) is 0 Å². The molecule has 1 aliphatic heterocycles. The molecule has 2 N–H and O–H groups in total. The van der Waals surface area contributed by atoms with E-state index in [1.807, 2.05) is 36.4 Å². The molecular weight excluding hydrogens is 318 g/mol. The largest absolute Gasteiger partial charge is 0.325 e. The van der Waals surface area contributed by atoms with Gasteiger partial charge in [0.1, 0.15) is 0 Å². The van der Waals surface area contributed by atoms with Crippen molar-refractivity contribution in [3.05, 3.63) is 48.8 Å². The molecule has 0 bridgehead atoms. The van der Waals surface area contributed by atoms with E-state index in [-0.39, 0.29) is 24.4 Å². The molecule has 0 radical (unpaired) electrons. The first-order valence-electron chi connectivity index (χ1n) is 7.03. The Kier molecular flexibility index (Phi) is 6.24. The first-order chi connectivity index (χ1) is 10.3. The lowest BCUT2D eigenvalue weighted by Gasteiger charge is -2.11. The van der Waals surface area contributed by atoms with Crippen LogP contribution in [0.1, 0.15) is 12.8 Å². The molecule has 2 aromatic rings. The summed E-state index contributed by atoms with van der Waals surface area (Å²) in [7, 11) is 0. The predicted molar refractivity (Wildman–Crippen MR) is 91.7 cm³/mol. The molecule has 0 saturated carbocycles. The maximum Gasteiger partial charge on any atom is 0.241 e. The Labute approximate surface area is 140 Å². The van der Waals surface area contributed by atoms with Gasteiger partial charge >= 0.3 is 0 Å². The van der Waals surface area contributed by atoms with Gasteiger partial charge in [0.25, 0.3) is 0 Å². The molecule has 2 heterocycles. The summed E-state index contributed by atoms with van der Waals surface area (Å²) in [6.45, 7) is 0.930. The molecule has 1 aromatic heterocycles. The number of nitrogens with one attached hydrogen (secondary N) is 2. The highest BCUT2D eigenvalue weighted by molar-refractivity contribution is 7.99. The number of anilines is 1. The molecule has 1 amide bonds. The predicted octanol–water partition coefficient (Wildman–Crippen LogP) is 3.35. The summed E-state index contributed by atoms with van der Waals surface area (Å²) in [4.78, 5) is 18.3. The van der Waals surface area contributed by atoms with Crippen molar-refractivity contribution in [2.45, 2.75) is 28.7 Å². The minimum atomic E-state index is -0.0455. The topological polar surface area (TPSA) is 54.0 Å². The van der Waals surface area contributed by atoms with E-state index >= 15 is 0 Å². The lowest BCUT2D eigenvalue weighted by molar-refractivity contribution is -0.117. The number of amides is 1. The Morgan fingerprint density at radius 2 is 1.82 bits per heavy atom. The van der Waals surface area contributed by atoms with E-state index in [0.717, 1.165) is 34.9 Å². The maximum absolute atomic E-state index is 12.0. The third kappa shape index (κ3) is 4.47. The quantitative estimate of drug-likeness (QED) is 0.899. The molecule has 1 aliphatic rings. The van der Waals surface area contributed by atoms with Gasteiger partial charge in [0.05, 0.1) is 6.04 Å². The van der Waals surface area contributed by atoms with Crippen LogP contribution in [-0.4, -0.2) is 23.5 Å². The summed E-state index contributed by atoms with van der Waals surface area (Å²) >= 11 is 1.68. The van der Waals surface area contributed by atoms with Gasteiger partial charge in [-0.15, -0.1) is 12.4 Å². The van der Waals surface area contributed by atoms with Crippen molar-refractivity contribution in [2.24, 2.45) is 0 Å². The molecule has 1 saturated heterocycles. The third-order valence-electron chi connectivity index (χ3n) is 3.38. The van der Waals surface area contributed by atoms with Gasteiger partial charge in [-0.2, -0.15) is 0 Å². The van der Waals surface area contributed by atoms with Crippen molar-refractivity contribution in [3.8, 4) is 0 Å². The zero-order chi connectivity index (χ0) is 14.5. The standard InChI is InChI=1S/C16H17N3OS.ClH/c20-16(15-2-1-9-18-15)19-12-3-5-13(6-4-12)21-14-7-10-17-11-8-14;/h3-8,10-11,15,18H,1-2,9H2,(H,19,20);1H. The number of carbonyl (C=O) groups excluding carboxylic acids is 1. The average molecular weight is 336 g/mol. The van der Waals surface area contributed by atoms with Gasteiger partial charge in [-0.05, 0) is 55.8 Å². The fraction of sp³-hybridized carbons (Fsp3) is 0.250. The molecule has 3 rings (SSSR count). The highest BCUT2D eigenvalue weighted by Crippen LogP contribution is 2.27. The lowest BCUT2D eigenvalue weighted by atomic mass is 10.2. The van der Waals surface area contributed by atoms with Crippen molar-refractivity contribution in [1.82, 2.24) is 10.3 Å². The number of hydrogen-bond donors (Lipinski definition) is 2. The van der Waals surface area contributed by atoms with Crippen LogP contribution >= 0.6 is 24.2 Å². The second kappa shape index (κ2) is 8.17. The van der Waals surface area contributed by atoms with Crippen LogP contribution in [0.5, 0.6) is 0 Å². The molecule has 0 spiro atoms. The number of halogens is 1. The molecule has 4 nitrogen and oxygen atoms in total. The Balaban J connectivity index is 0.00000176. The lowest BCUT2D eigenvalue weighted by Crippen LogP contribution is -2.35. The summed E-state index contributed by atoms with van der Waals surface area (Å²) in [6, 6.07) is 11.8. The van der Waals surface area contributed by atoms with Gasteiger partial charge in [0.2, 0.25) is 5.91 Å². The molecule has 0 aliphatic carbocycles. The molecular formula is C16H18ClN3OS. The zero-order valence-electron chi connectivity index (χ0n) is 12.0. The first-order valence-corrected chi connectivity index (χ1v) is 7.85. The van der Waals surface area contributed by atoms with Crippen molar-refractivity contribution < 1.29 is 4.79 Å². The fourth-order valence-corrected chi connectivity index (χ4v) is 3.09. The minimum Gasteiger partial charge on any atom is -0.325 e. The van der Waals surface area contributed by atoms with Crippen LogP contribution < -0.4 is 10.6 Å². The van der Waals surface area contributed by atoms with E-state index < -0.39 is 0 Å². The van der Waals surface area contributed by atoms with Crippen molar-refractivity contribution in [3.63, 3.8) is 0 Å². The molecule has 6 heteroatoms. The van der Waals surface area contributed by atoms with Gasteiger partial charge in [-0.1, -0.05) is 11.8 Å². The number of aromatic nitrogens is 1. The van der Waals surface area contributed by atoms with Gasteiger partial charge in [-0.25, -0.2) is 0 Å². The van der Waals surface area contributed by atoms with Crippen molar-refractivity contribution in [2.75, 3.05) is 11.9 Å². The monoisotopic (exact) mass is 335 g/mol. The van der Waals surface area contributed by atoms with Gasteiger partial charge in [0, 0.05) is 27.9 Å². The molecule has 116 valence electrons. The number of pyridine rings is 1. The molecule has 1 atom stereocenters. The van der Waals surface area contributed by atoms with Crippen molar-refractivity contribution in [1.29, 1.82) is 0 Å². The number of carbonyl (C=O) groups is 1.